The number of anilines is 1. The lowest BCUT2D eigenvalue weighted by Gasteiger charge is -2.08. The zero-order valence-electron chi connectivity index (χ0n) is 11.1. The number of aromatic nitrogens is 3. The molecule has 4 nitrogen and oxygen atoms in total. The minimum atomic E-state index is 0.785. The molecule has 0 bridgehead atoms. The van der Waals surface area contributed by atoms with Crippen molar-refractivity contribution in [1.82, 2.24) is 14.5 Å². The van der Waals surface area contributed by atoms with E-state index in [1.54, 1.807) is 6.20 Å². The third-order valence-corrected chi connectivity index (χ3v) is 3.22. The molecule has 2 aromatic heterocycles. The second-order valence-corrected chi connectivity index (χ2v) is 4.75. The van der Waals surface area contributed by atoms with E-state index in [-0.39, 0.29) is 0 Å². The lowest BCUT2D eigenvalue weighted by Crippen LogP contribution is -2.05. The second kappa shape index (κ2) is 5.57. The Morgan fingerprint density at radius 2 is 1.85 bits per heavy atom. The summed E-state index contributed by atoms with van der Waals surface area (Å²) in [4.78, 5) is 8.58. The molecule has 2 heterocycles. The summed E-state index contributed by atoms with van der Waals surface area (Å²) in [6, 6.07) is 11.9. The van der Waals surface area contributed by atoms with E-state index < -0.39 is 0 Å². The maximum Gasteiger partial charge on any atom is 0.113 e. The van der Waals surface area contributed by atoms with Gasteiger partial charge in [-0.2, -0.15) is 0 Å². The van der Waals surface area contributed by atoms with Crippen LogP contribution in [-0.4, -0.2) is 14.5 Å². The van der Waals surface area contributed by atoms with Gasteiger partial charge in [-0.05, 0) is 29.3 Å². The fraction of sp³-hybridized carbons (Fsp3) is 0.125. The molecule has 0 unspecified atom stereocenters. The lowest BCUT2D eigenvalue weighted by atomic mass is 10.1. The molecule has 0 spiro atoms. The second-order valence-electron chi connectivity index (χ2n) is 4.75. The highest BCUT2D eigenvalue weighted by molar-refractivity contribution is 5.39. The van der Waals surface area contributed by atoms with Gasteiger partial charge in [0.2, 0.25) is 0 Å². The number of hydrogen-bond acceptors (Lipinski definition) is 3. The van der Waals surface area contributed by atoms with Crippen LogP contribution in [0.25, 0.3) is 0 Å². The third kappa shape index (κ3) is 2.85. The van der Waals surface area contributed by atoms with E-state index in [2.05, 4.69) is 20.6 Å². The largest absolute Gasteiger partial charge is 0.399 e. The summed E-state index contributed by atoms with van der Waals surface area (Å²) in [5.41, 5.74) is 8.87. The monoisotopic (exact) mass is 264 g/mol. The quantitative estimate of drug-likeness (QED) is 0.737. The van der Waals surface area contributed by atoms with Crippen molar-refractivity contribution < 1.29 is 0 Å². The first-order chi connectivity index (χ1) is 9.81. The first kappa shape index (κ1) is 12.4. The Morgan fingerprint density at radius 3 is 2.60 bits per heavy atom. The van der Waals surface area contributed by atoms with E-state index in [4.69, 9.17) is 5.73 Å². The van der Waals surface area contributed by atoms with Crippen molar-refractivity contribution in [2.24, 2.45) is 0 Å². The van der Waals surface area contributed by atoms with Gasteiger partial charge in [0.1, 0.15) is 5.82 Å². The van der Waals surface area contributed by atoms with Crippen LogP contribution in [0, 0.1) is 0 Å². The van der Waals surface area contributed by atoms with Crippen LogP contribution in [0.15, 0.2) is 61.2 Å². The Morgan fingerprint density at radius 1 is 1.00 bits per heavy atom. The Kier molecular flexibility index (Phi) is 3.46. The lowest BCUT2D eigenvalue weighted by molar-refractivity contribution is 0.738. The molecule has 3 aromatic rings. The number of nitrogens with two attached hydrogens (primary N) is 1. The van der Waals surface area contributed by atoms with Gasteiger partial charge in [0.05, 0.1) is 6.54 Å². The Balaban J connectivity index is 1.78. The van der Waals surface area contributed by atoms with Gasteiger partial charge in [0, 0.05) is 36.9 Å². The molecule has 0 saturated heterocycles. The first-order valence-electron chi connectivity index (χ1n) is 6.54. The molecule has 100 valence electrons. The van der Waals surface area contributed by atoms with Crippen LogP contribution in [0.5, 0.6) is 0 Å². The molecule has 0 amide bonds. The summed E-state index contributed by atoms with van der Waals surface area (Å²) in [7, 11) is 0. The molecule has 1 aromatic carbocycles. The molecular formula is C16H16N4. The van der Waals surface area contributed by atoms with E-state index in [0.29, 0.717) is 0 Å². The molecule has 2 N–H and O–H groups in total. The summed E-state index contributed by atoms with van der Waals surface area (Å²) in [5.74, 6) is 1.04. The maximum atomic E-state index is 5.70. The summed E-state index contributed by atoms with van der Waals surface area (Å²) in [6.45, 7) is 0.790. The van der Waals surface area contributed by atoms with Crippen molar-refractivity contribution in [1.29, 1.82) is 0 Å². The minimum absolute atomic E-state index is 0.785. The van der Waals surface area contributed by atoms with Crippen LogP contribution < -0.4 is 5.73 Å². The average Bonchev–Trinajstić information content (AvgIpc) is 2.90. The molecule has 0 radical (unpaired) electrons. The van der Waals surface area contributed by atoms with Crippen molar-refractivity contribution in [2.75, 3.05) is 5.73 Å². The minimum Gasteiger partial charge on any atom is -0.399 e. The predicted molar refractivity (Wildman–Crippen MR) is 79.2 cm³/mol. The van der Waals surface area contributed by atoms with Crippen molar-refractivity contribution in [2.45, 2.75) is 13.0 Å². The maximum absolute atomic E-state index is 5.70. The van der Waals surface area contributed by atoms with Crippen LogP contribution in [0.2, 0.25) is 0 Å². The van der Waals surface area contributed by atoms with Crippen molar-refractivity contribution >= 4 is 5.69 Å². The normalized spacial score (nSPS) is 10.6. The fourth-order valence-corrected chi connectivity index (χ4v) is 2.16. The van der Waals surface area contributed by atoms with E-state index in [1.807, 2.05) is 48.9 Å². The van der Waals surface area contributed by atoms with Gasteiger partial charge in [-0.3, -0.25) is 4.98 Å². The molecular weight excluding hydrogens is 248 g/mol. The Labute approximate surface area is 117 Å². The molecule has 0 aliphatic carbocycles. The topological polar surface area (TPSA) is 56.7 Å². The zero-order valence-corrected chi connectivity index (χ0v) is 11.1. The van der Waals surface area contributed by atoms with Gasteiger partial charge < -0.3 is 10.3 Å². The van der Waals surface area contributed by atoms with Gasteiger partial charge in [0.15, 0.2) is 0 Å². The van der Waals surface area contributed by atoms with Crippen molar-refractivity contribution in [3.63, 3.8) is 0 Å². The number of benzene rings is 1. The average molecular weight is 264 g/mol. The highest BCUT2D eigenvalue weighted by Gasteiger charge is 2.05. The van der Waals surface area contributed by atoms with Gasteiger partial charge >= 0.3 is 0 Å². The molecule has 0 fully saturated rings. The number of rotatable bonds is 4. The molecule has 0 aliphatic heterocycles. The standard InChI is InChI=1S/C16H16N4/c17-15-5-3-13(4-6-15)10-16-19-8-9-20(16)12-14-2-1-7-18-11-14/h1-9,11H,10,12,17H2. The predicted octanol–water partition coefficient (Wildman–Crippen LogP) is 2.50. The van der Waals surface area contributed by atoms with E-state index in [0.717, 1.165) is 24.5 Å². The number of pyridine rings is 1. The number of nitrogens with zero attached hydrogens (tertiary/aromatic N) is 3. The van der Waals surface area contributed by atoms with Crippen LogP contribution in [-0.2, 0) is 13.0 Å². The first-order valence-corrected chi connectivity index (χ1v) is 6.54. The number of imidazole rings is 1. The summed E-state index contributed by atoms with van der Waals surface area (Å²) in [5, 5.41) is 0. The van der Waals surface area contributed by atoms with Crippen LogP contribution >= 0.6 is 0 Å². The molecule has 0 atom stereocenters. The molecule has 4 heteroatoms. The highest BCUT2D eigenvalue weighted by atomic mass is 15.1. The number of hydrogen-bond donors (Lipinski definition) is 1. The third-order valence-electron chi connectivity index (χ3n) is 3.22. The number of nitrogen functional groups attached to an aromatic ring is 1. The molecule has 3 rings (SSSR count). The highest BCUT2D eigenvalue weighted by Crippen LogP contribution is 2.12. The Bertz CT molecular complexity index is 671. The van der Waals surface area contributed by atoms with Crippen LogP contribution in [0.4, 0.5) is 5.69 Å². The van der Waals surface area contributed by atoms with E-state index >= 15 is 0 Å². The van der Waals surface area contributed by atoms with E-state index in [9.17, 15) is 0 Å². The zero-order chi connectivity index (χ0) is 13.8. The van der Waals surface area contributed by atoms with Crippen LogP contribution in [0.1, 0.15) is 17.0 Å². The summed E-state index contributed by atoms with van der Waals surface area (Å²) >= 11 is 0. The van der Waals surface area contributed by atoms with Crippen molar-refractivity contribution in [3.05, 3.63) is 78.1 Å². The van der Waals surface area contributed by atoms with Crippen LogP contribution in [0.3, 0.4) is 0 Å². The summed E-state index contributed by atoms with van der Waals surface area (Å²) in [6.07, 6.45) is 8.30. The summed E-state index contributed by atoms with van der Waals surface area (Å²) < 4.78 is 2.15. The van der Waals surface area contributed by atoms with Gasteiger partial charge in [-0.25, -0.2) is 4.98 Å². The van der Waals surface area contributed by atoms with Gasteiger partial charge in [-0.15, -0.1) is 0 Å². The van der Waals surface area contributed by atoms with Gasteiger partial charge in [0.25, 0.3) is 0 Å². The molecule has 20 heavy (non-hydrogen) atoms. The molecule has 0 aliphatic rings. The Hall–Kier alpha value is -2.62. The molecule has 0 saturated carbocycles. The SMILES string of the molecule is Nc1ccc(Cc2nccn2Cc2cccnc2)cc1. The van der Waals surface area contributed by atoms with E-state index in [1.165, 1.54) is 11.1 Å². The fourth-order valence-electron chi connectivity index (χ4n) is 2.16. The van der Waals surface area contributed by atoms with Crippen molar-refractivity contribution in [3.8, 4) is 0 Å². The van der Waals surface area contributed by atoms with Gasteiger partial charge in [-0.1, -0.05) is 18.2 Å². The smallest absolute Gasteiger partial charge is 0.113 e.